The third-order valence-corrected chi connectivity index (χ3v) is 1.90. The van der Waals surface area contributed by atoms with E-state index in [2.05, 4.69) is 15.4 Å². The number of halogens is 4. The van der Waals surface area contributed by atoms with Gasteiger partial charge < -0.3 is 15.4 Å². The van der Waals surface area contributed by atoms with Crippen molar-refractivity contribution in [1.82, 2.24) is 10.6 Å². The van der Waals surface area contributed by atoms with Crippen LogP contribution in [0.15, 0.2) is 18.2 Å². The molecule has 0 heterocycles. The predicted molar refractivity (Wildman–Crippen MR) is 54.4 cm³/mol. The van der Waals surface area contributed by atoms with E-state index in [1.807, 2.05) is 0 Å². The van der Waals surface area contributed by atoms with E-state index in [0.29, 0.717) is 5.56 Å². The first-order valence-corrected chi connectivity index (χ1v) is 4.81. The average Bonchev–Trinajstić information content (AvgIpc) is 2.27. The molecule has 0 aromatic heterocycles. The van der Waals surface area contributed by atoms with Gasteiger partial charge in [0.25, 0.3) is 0 Å². The van der Waals surface area contributed by atoms with Gasteiger partial charge in [0.2, 0.25) is 0 Å². The number of carbonyl (C=O) groups is 1. The molecule has 0 spiro atoms. The Balaban J connectivity index is 2.70. The lowest BCUT2D eigenvalue weighted by atomic mass is 10.2. The molecule has 2 amide bonds. The maximum absolute atomic E-state index is 13.2. The first-order valence-electron chi connectivity index (χ1n) is 4.81. The van der Waals surface area contributed by atoms with E-state index in [-0.39, 0.29) is 6.54 Å². The van der Waals surface area contributed by atoms with Crippen molar-refractivity contribution in [3.8, 4) is 5.75 Å². The molecule has 0 fully saturated rings. The molecule has 100 valence electrons. The van der Waals surface area contributed by atoms with Gasteiger partial charge in [-0.05, 0) is 17.7 Å². The summed E-state index contributed by atoms with van der Waals surface area (Å²) in [4.78, 5) is 10.8. The van der Waals surface area contributed by atoms with Crippen molar-refractivity contribution in [1.29, 1.82) is 0 Å². The summed E-state index contributed by atoms with van der Waals surface area (Å²) in [5, 5.41) is 4.64. The minimum atomic E-state index is -4.94. The van der Waals surface area contributed by atoms with Crippen molar-refractivity contribution in [3.05, 3.63) is 29.6 Å². The Hall–Kier alpha value is -1.99. The maximum atomic E-state index is 13.2. The summed E-state index contributed by atoms with van der Waals surface area (Å²) in [6.45, 7) is -0.0110. The van der Waals surface area contributed by atoms with Crippen LogP contribution >= 0.6 is 0 Å². The van der Waals surface area contributed by atoms with Gasteiger partial charge in [-0.1, -0.05) is 6.07 Å². The zero-order valence-corrected chi connectivity index (χ0v) is 9.27. The zero-order valence-electron chi connectivity index (χ0n) is 9.27. The molecule has 0 atom stereocenters. The zero-order chi connectivity index (χ0) is 13.8. The quantitative estimate of drug-likeness (QED) is 0.824. The second-order valence-corrected chi connectivity index (χ2v) is 3.25. The molecule has 0 bridgehead atoms. The molecule has 2 N–H and O–H groups in total. The van der Waals surface area contributed by atoms with Crippen LogP contribution in [0.4, 0.5) is 22.4 Å². The van der Waals surface area contributed by atoms with E-state index in [1.165, 1.54) is 13.1 Å². The molecule has 0 aliphatic rings. The van der Waals surface area contributed by atoms with Gasteiger partial charge in [-0.2, -0.15) is 0 Å². The SMILES string of the molecule is CNC(=O)NCc1ccc(OC(F)(F)F)c(F)c1. The van der Waals surface area contributed by atoms with Gasteiger partial charge in [-0.25, -0.2) is 9.18 Å². The fourth-order valence-corrected chi connectivity index (χ4v) is 1.13. The van der Waals surface area contributed by atoms with Crippen LogP contribution in [0.3, 0.4) is 0 Å². The van der Waals surface area contributed by atoms with Crippen LogP contribution in [0.5, 0.6) is 5.75 Å². The van der Waals surface area contributed by atoms with Crippen LogP contribution in [0.25, 0.3) is 0 Å². The molecule has 1 aromatic carbocycles. The van der Waals surface area contributed by atoms with Gasteiger partial charge in [0, 0.05) is 13.6 Å². The van der Waals surface area contributed by atoms with Gasteiger partial charge in [0.15, 0.2) is 11.6 Å². The lowest BCUT2D eigenvalue weighted by Crippen LogP contribution is -2.32. The van der Waals surface area contributed by atoms with Crippen molar-refractivity contribution < 1.29 is 27.1 Å². The second kappa shape index (κ2) is 5.56. The molecule has 1 rings (SSSR count). The Labute approximate surface area is 99.9 Å². The Morgan fingerprint density at radius 1 is 1.39 bits per heavy atom. The van der Waals surface area contributed by atoms with Gasteiger partial charge in [-0.15, -0.1) is 13.2 Å². The number of urea groups is 1. The minimum Gasteiger partial charge on any atom is -0.403 e. The fraction of sp³-hybridized carbons (Fsp3) is 0.300. The van der Waals surface area contributed by atoms with Crippen LogP contribution in [0.2, 0.25) is 0 Å². The molecule has 1 aromatic rings. The number of rotatable bonds is 3. The summed E-state index contributed by atoms with van der Waals surface area (Å²) in [7, 11) is 1.40. The summed E-state index contributed by atoms with van der Waals surface area (Å²) in [6.07, 6.45) is -4.94. The van der Waals surface area contributed by atoms with Crippen LogP contribution in [-0.2, 0) is 6.54 Å². The molecule has 0 aliphatic carbocycles. The van der Waals surface area contributed by atoms with Gasteiger partial charge in [0.1, 0.15) is 0 Å². The number of nitrogens with one attached hydrogen (secondary N) is 2. The maximum Gasteiger partial charge on any atom is 0.573 e. The van der Waals surface area contributed by atoms with Gasteiger partial charge in [-0.3, -0.25) is 0 Å². The van der Waals surface area contributed by atoms with Crippen molar-refractivity contribution in [2.45, 2.75) is 12.9 Å². The Kier molecular flexibility index (Phi) is 4.35. The molecule has 18 heavy (non-hydrogen) atoms. The number of alkyl halides is 3. The monoisotopic (exact) mass is 266 g/mol. The van der Waals surface area contributed by atoms with Crippen LogP contribution in [0.1, 0.15) is 5.56 Å². The standard InChI is InChI=1S/C10H10F4N2O2/c1-15-9(17)16-5-6-2-3-8(7(11)4-6)18-10(12,13)14/h2-4H,5H2,1H3,(H2,15,16,17). The normalized spacial score (nSPS) is 10.9. The molecular weight excluding hydrogens is 256 g/mol. The van der Waals surface area contributed by atoms with Crippen molar-refractivity contribution in [2.24, 2.45) is 0 Å². The lowest BCUT2D eigenvalue weighted by Gasteiger charge is -2.10. The van der Waals surface area contributed by atoms with Crippen molar-refractivity contribution in [3.63, 3.8) is 0 Å². The smallest absolute Gasteiger partial charge is 0.403 e. The number of hydrogen-bond acceptors (Lipinski definition) is 2. The second-order valence-electron chi connectivity index (χ2n) is 3.25. The van der Waals surface area contributed by atoms with Crippen molar-refractivity contribution in [2.75, 3.05) is 7.05 Å². The molecule has 8 heteroatoms. The highest BCUT2D eigenvalue weighted by Gasteiger charge is 2.32. The predicted octanol–water partition coefficient (Wildman–Crippen LogP) is 2.15. The highest BCUT2D eigenvalue weighted by molar-refractivity contribution is 5.73. The van der Waals surface area contributed by atoms with Gasteiger partial charge in [0.05, 0.1) is 0 Å². The van der Waals surface area contributed by atoms with Crippen molar-refractivity contribution >= 4 is 6.03 Å². The molecule has 0 saturated carbocycles. The van der Waals surface area contributed by atoms with E-state index < -0.39 is 24.0 Å². The third kappa shape index (κ3) is 4.48. The average molecular weight is 266 g/mol. The minimum absolute atomic E-state index is 0.0110. The topological polar surface area (TPSA) is 50.4 Å². The van der Waals surface area contributed by atoms with E-state index >= 15 is 0 Å². The molecule has 0 radical (unpaired) electrons. The largest absolute Gasteiger partial charge is 0.573 e. The molecule has 0 aliphatic heterocycles. The summed E-state index contributed by atoms with van der Waals surface area (Å²) in [6, 6.07) is 2.45. The third-order valence-electron chi connectivity index (χ3n) is 1.90. The number of ether oxygens (including phenoxy) is 1. The number of benzene rings is 1. The van der Waals surface area contributed by atoms with Crippen LogP contribution < -0.4 is 15.4 Å². The first kappa shape index (κ1) is 14.1. The van der Waals surface area contributed by atoms with Crippen LogP contribution in [0, 0.1) is 5.82 Å². The highest BCUT2D eigenvalue weighted by Crippen LogP contribution is 2.25. The summed E-state index contributed by atoms with van der Waals surface area (Å²) < 4.78 is 52.3. The first-order chi connectivity index (χ1) is 8.31. The highest BCUT2D eigenvalue weighted by atomic mass is 19.4. The molecule has 4 nitrogen and oxygen atoms in total. The Bertz CT molecular complexity index is 434. The summed E-state index contributed by atoms with van der Waals surface area (Å²) in [5.41, 5.74) is 0.311. The number of hydrogen-bond donors (Lipinski definition) is 2. The Morgan fingerprint density at radius 2 is 2.06 bits per heavy atom. The summed E-state index contributed by atoms with van der Waals surface area (Å²) >= 11 is 0. The number of carbonyl (C=O) groups excluding carboxylic acids is 1. The summed E-state index contributed by atoms with van der Waals surface area (Å²) in [5.74, 6) is -2.06. The molecule has 0 unspecified atom stereocenters. The van der Waals surface area contributed by atoms with E-state index in [0.717, 1.165) is 12.1 Å². The molecule has 0 saturated heterocycles. The van der Waals surface area contributed by atoms with E-state index in [4.69, 9.17) is 0 Å². The Morgan fingerprint density at radius 3 is 2.56 bits per heavy atom. The van der Waals surface area contributed by atoms with Gasteiger partial charge >= 0.3 is 12.4 Å². The number of amides is 2. The fourth-order valence-electron chi connectivity index (χ4n) is 1.13. The van der Waals surface area contributed by atoms with E-state index in [9.17, 15) is 22.4 Å². The van der Waals surface area contributed by atoms with Crippen LogP contribution in [-0.4, -0.2) is 19.4 Å². The lowest BCUT2D eigenvalue weighted by molar-refractivity contribution is -0.275. The van der Waals surface area contributed by atoms with E-state index in [1.54, 1.807) is 0 Å². The molecular formula is C10H10F4N2O2.